The van der Waals surface area contributed by atoms with E-state index in [9.17, 15) is 77.0 Å². The molecule has 14 aromatic rings. The van der Waals surface area contributed by atoms with Crippen LogP contribution in [-0.4, -0.2) is 189 Å². The number of halogens is 1. The summed E-state index contributed by atoms with van der Waals surface area (Å²) in [5.41, 5.74) is 8.15. The summed E-state index contributed by atoms with van der Waals surface area (Å²) < 4.78 is 15.2. The van der Waals surface area contributed by atoms with Gasteiger partial charge in [-0.05, 0) is 101 Å². The van der Waals surface area contributed by atoms with Gasteiger partial charge in [0.25, 0.3) is 41.4 Å². The van der Waals surface area contributed by atoms with Gasteiger partial charge >= 0.3 is 0 Å². The lowest BCUT2D eigenvalue weighted by atomic mass is 9.95. The first-order valence-corrected chi connectivity index (χ1v) is 44.3. The quantitative estimate of drug-likeness (QED) is 0.00972. The fraction of sp³-hybridized carbons (Fsp3) is 0.289. The molecule has 40 nitrogen and oxygen atoms in total. The van der Waals surface area contributed by atoms with Crippen molar-refractivity contribution in [1.82, 2.24) is 81.2 Å². The number of anilines is 7. The Morgan fingerprint density at radius 2 is 0.870 bits per heavy atom. The summed E-state index contributed by atoms with van der Waals surface area (Å²) in [6.07, 6.45) is 16.1. The summed E-state index contributed by atoms with van der Waals surface area (Å²) in [4.78, 5) is 222. The maximum absolute atomic E-state index is 14.1. The zero-order valence-electron chi connectivity index (χ0n) is 76.8. The Morgan fingerprint density at radius 1 is 0.406 bits per heavy atom. The second-order valence-corrected chi connectivity index (χ2v) is 34.5. The molecule has 0 aliphatic carbocycles. The lowest BCUT2D eigenvalue weighted by Crippen LogP contribution is -2.30. The van der Waals surface area contributed by atoms with Gasteiger partial charge in [0.1, 0.15) is 40.1 Å². The molecule has 0 saturated heterocycles. The van der Waals surface area contributed by atoms with Gasteiger partial charge in [-0.25, -0.2) is 19.9 Å². The Hall–Kier alpha value is -16.7. The van der Waals surface area contributed by atoms with Crippen molar-refractivity contribution in [3.63, 3.8) is 0 Å². The van der Waals surface area contributed by atoms with E-state index in [0.717, 1.165) is 21.9 Å². The van der Waals surface area contributed by atoms with Crippen LogP contribution in [0.15, 0.2) is 153 Å². The van der Waals surface area contributed by atoms with Crippen LogP contribution in [0.2, 0.25) is 0 Å². The summed E-state index contributed by atoms with van der Waals surface area (Å²) >= 11 is 6.45. The average Bonchev–Trinajstić information content (AvgIpc) is 1.59. The Kier molecular flexibility index (Phi) is 28.9. The summed E-state index contributed by atoms with van der Waals surface area (Å²) in [6.45, 7) is 1.69. The van der Waals surface area contributed by atoms with Crippen LogP contribution in [0, 0.1) is 0 Å². The van der Waals surface area contributed by atoms with Crippen LogP contribution in [0.25, 0.3) is 21.7 Å². The van der Waals surface area contributed by atoms with Crippen molar-refractivity contribution >= 4 is 161 Å². The molecular formula is C97H103ClN24O16. The number of carbonyl (C=O) groups excluding carboxylic acids is 15. The second kappa shape index (κ2) is 41.0. The molecule has 15 rings (SSSR count). The predicted octanol–water partition coefficient (Wildman–Crippen LogP) is 10.1. The lowest BCUT2D eigenvalue weighted by molar-refractivity contribution is -0.119. The number of aromatic nitrogens is 15. The van der Waals surface area contributed by atoms with E-state index in [4.69, 9.17) is 11.6 Å². The molecule has 1 aliphatic rings. The van der Waals surface area contributed by atoms with Crippen molar-refractivity contribution in [2.75, 3.05) is 62.3 Å². The number of imidazole rings is 4. The third kappa shape index (κ3) is 21.9. The number of carbonyl (C=O) groups is 15. The molecule has 3 aromatic carbocycles. The fourth-order valence-electron chi connectivity index (χ4n) is 17.1. The Balaban J connectivity index is 0.0000152. The number of ketones is 6. The SMILES string of the molecule is C.CC(=O)Nc1cc(C(=O)Nc2cc(C(=O)Nc3cn(C)c(C(=O)NCCC(=O)Nc4cc(C(=O)Nc5cn(C)c(C(=O)Nc6cn(C)c(C(=O)NCCCC(=O)Cc7cc(C(=O)Cc8cc(C(=O)CCCC(=O)Cc9cn(C)c(C(=O)Cc%10cc(C(=O)Cc%11ccc%12[nH]c(C(=O)N%13CC(CCl)c%14c%13cc(O)c%13ccccc%14%13)cc%12c%11)n(C)c%10)n9)n(C)c8)n(C)c7)n6)n5)n(C)c4)n3)n(C)c2)n(C)c1. The van der Waals surface area contributed by atoms with Gasteiger partial charge in [-0.2, -0.15) is 0 Å². The number of nitrogens with zero attached hydrogens (tertiary/aromatic N) is 15. The maximum atomic E-state index is 14.1. The molecule has 0 spiro atoms. The van der Waals surface area contributed by atoms with Crippen LogP contribution in [0.5, 0.6) is 5.75 Å². The minimum atomic E-state index is -0.723. The topological polar surface area (TPSA) is 492 Å². The van der Waals surface area contributed by atoms with Crippen molar-refractivity contribution in [2.24, 2.45) is 70.5 Å². The predicted molar refractivity (Wildman–Crippen MR) is 514 cm³/mol. The van der Waals surface area contributed by atoms with E-state index in [1.807, 2.05) is 42.5 Å². The van der Waals surface area contributed by atoms with Gasteiger partial charge < -0.3 is 103 Å². The Bertz CT molecular complexity index is 7280. The normalized spacial score (nSPS) is 12.2. The van der Waals surface area contributed by atoms with Gasteiger partial charge in [-0.3, -0.25) is 71.9 Å². The Labute approximate surface area is 794 Å². The van der Waals surface area contributed by atoms with Gasteiger partial charge in [0.2, 0.25) is 35.1 Å². The first-order chi connectivity index (χ1) is 65.3. The highest BCUT2D eigenvalue weighted by molar-refractivity contribution is 6.20. The second-order valence-electron chi connectivity index (χ2n) is 34.2. The molecule has 12 heterocycles. The number of hydrogen-bond acceptors (Lipinski definition) is 20. The molecule has 138 heavy (non-hydrogen) atoms. The molecule has 1 aliphatic heterocycles. The number of amides is 9. The number of phenolic OH excluding ortho intramolecular Hbond substituents is 1. The van der Waals surface area contributed by atoms with E-state index in [2.05, 4.69) is 67.5 Å². The van der Waals surface area contributed by atoms with Crippen LogP contribution in [-0.2, 0) is 122 Å². The van der Waals surface area contributed by atoms with Crippen molar-refractivity contribution < 1.29 is 77.0 Å². The fourth-order valence-corrected chi connectivity index (χ4v) is 17.3. The molecule has 1 atom stereocenters. The lowest BCUT2D eigenvalue weighted by Gasteiger charge is -2.17. The minimum Gasteiger partial charge on any atom is -0.507 e. The number of nitrogens with one attached hydrogen (secondary N) is 9. The summed E-state index contributed by atoms with van der Waals surface area (Å²) in [7, 11) is 16.3. The first kappa shape index (κ1) is 97.3. The maximum Gasteiger partial charge on any atom is 0.292 e. The van der Waals surface area contributed by atoms with Gasteiger partial charge in [0, 0.05) is 245 Å². The summed E-state index contributed by atoms with van der Waals surface area (Å²) in [6, 6.07) is 25.8. The van der Waals surface area contributed by atoms with Gasteiger partial charge in [0.05, 0.1) is 51.9 Å². The highest BCUT2D eigenvalue weighted by atomic mass is 35.5. The largest absolute Gasteiger partial charge is 0.507 e. The van der Waals surface area contributed by atoms with Crippen LogP contribution in [0.4, 0.5) is 40.2 Å². The van der Waals surface area contributed by atoms with Crippen LogP contribution in [0.1, 0.15) is 208 Å². The smallest absolute Gasteiger partial charge is 0.292 e. The number of aromatic amines is 1. The number of Topliss-reactive ketones (excluding diaryl/α,β-unsaturated/α-hetero) is 6. The average molecular weight is 1900 g/mol. The van der Waals surface area contributed by atoms with E-state index < -0.39 is 41.4 Å². The molecule has 10 N–H and O–H groups in total. The highest BCUT2D eigenvalue weighted by Gasteiger charge is 2.37. The van der Waals surface area contributed by atoms with Crippen LogP contribution < -0.4 is 47.4 Å². The summed E-state index contributed by atoms with van der Waals surface area (Å²) in [5, 5.41) is 34.5. The molecule has 9 amide bonds. The Morgan fingerprint density at radius 3 is 1.43 bits per heavy atom. The molecule has 0 bridgehead atoms. The number of phenols is 1. The third-order valence-corrected chi connectivity index (χ3v) is 23.9. The number of H-pyrrole nitrogens is 1. The molecule has 0 fully saturated rings. The number of alkyl halides is 1. The molecular weight excluding hydrogens is 1790 g/mol. The molecule has 0 saturated carbocycles. The van der Waals surface area contributed by atoms with E-state index in [0.29, 0.717) is 85.5 Å². The number of benzene rings is 3. The van der Waals surface area contributed by atoms with Gasteiger partial charge in [-0.15, -0.1) is 11.6 Å². The molecule has 11 aromatic heterocycles. The monoisotopic (exact) mass is 1890 g/mol. The number of aryl methyl sites for hydroxylation is 10. The number of fused-ring (bicyclic) bond motifs is 4. The van der Waals surface area contributed by atoms with Gasteiger partial charge in [-0.1, -0.05) is 37.8 Å². The van der Waals surface area contributed by atoms with E-state index in [1.54, 1.807) is 152 Å². The number of hydrogen-bond donors (Lipinski definition) is 10. The van der Waals surface area contributed by atoms with Crippen molar-refractivity contribution in [3.8, 4) is 5.75 Å². The highest BCUT2D eigenvalue weighted by Crippen LogP contribution is 2.46. The van der Waals surface area contributed by atoms with Crippen LogP contribution >= 0.6 is 11.6 Å². The van der Waals surface area contributed by atoms with Crippen molar-refractivity contribution in [3.05, 3.63) is 250 Å². The third-order valence-electron chi connectivity index (χ3n) is 23.5. The van der Waals surface area contributed by atoms with Crippen molar-refractivity contribution in [2.45, 2.75) is 90.9 Å². The zero-order valence-corrected chi connectivity index (χ0v) is 77.5. The first-order valence-electron chi connectivity index (χ1n) is 43.7. The number of aromatic hydroxyl groups is 1. The minimum absolute atomic E-state index is 0. The molecule has 714 valence electrons. The molecule has 0 radical (unpaired) electrons. The molecule has 1 unspecified atom stereocenters. The molecule has 41 heteroatoms. The van der Waals surface area contributed by atoms with E-state index in [-0.39, 0.29) is 213 Å². The number of rotatable bonds is 39. The van der Waals surface area contributed by atoms with Crippen molar-refractivity contribution in [1.29, 1.82) is 0 Å². The van der Waals surface area contributed by atoms with Gasteiger partial charge in [0.15, 0.2) is 40.6 Å². The summed E-state index contributed by atoms with van der Waals surface area (Å²) in [5.74, 6) is -5.80. The van der Waals surface area contributed by atoms with E-state index in [1.165, 1.54) is 86.0 Å². The van der Waals surface area contributed by atoms with E-state index >= 15 is 0 Å². The zero-order chi connectivity index (χ0) is 97.8. The van der Waals surface area contributed by atoms with Crippen LogP contribution in [0.3, 0.4) is 0 Å². The standard InChI is InChI=1S/C96H99ClN24O16.CH4/c1-52(122)100-60-36-73(114(5)45-60)90(131)103-62-38-75(116(7)47-62)92(133)108-81-49-118(9)88(105-81)94(135)99-25-23-84(130)101-61-37-74(115(6)46-61)91(132)109-82-50-120(11)89(107-82)95(136)110-83-51-119(10)87(106-83)93(134)98-24-15-17-63(123)27-54-28-70(112(3)41-54)79(128)32-55-29-69(111(2)42-55)76(125)20-14-16-64(124)35-59-48-117(8)86(102-59)80(129)33-56-30-71(113(4)43-56)78(127)31-53-21-22-67-57(26-53)34-68(104-67)96(137)121-44-58(40-97)85-66-19-13-12-18-65(66)77(126)39-72(85)121;/h12-13,18-19,21-22,26,28-30,34,36-39,41-43,45-51,58,104,126H,14-17,20,23-25,27,31-33,35,40,44H2,1-11H3,(H,98,134)(H,99,135)(H,100,122)(H,101,130)(H,103,131)(H,108,133)(H,109,132)(H,110,136);1H4.